The minimum Gasteiger partial charge on any atom is -0.457 e. The summed E-state index contributed by atoms with van der Waals surface area (Å²) in [5.41, 5.74) is 0. The summed E-state index contributed by atoms with van der Waals surface area (Å²) in [6.07, 6.45) is 28.8. The smallest absolute Gasteiger partial charge is 0.457 e. The molecule has 0 heterocycles. The summed E-state index contributed by atoms with van der Waals surface area (Å²) in [6.45, 7) is 2.11. The Hall–Kier alpha value is -1.55. The van der Waals surface area contributed by atoms with Crippen LogP contribution in [0.1, 0.15) is 155 Å². The normalized spacial score (nSPS) is 14.4. The van der Waals surface area contributed by atoms with Crippen molar-refractivity contribution in [3.63, 3.8) is 0 Å². The standard InChI is InChI=1S/C36H67O10P/c1-3-5-7-9-11-13-14-15-16-17-18-19-20-22-24-26-28-36(40)46-34(30-38)32-44-47(41,42)43-31-33(29-37)45-35(39)27-25-23-21-12-10-8-6-4-2/h13-14,16-17,33-34,37-38H,3-12,15,18-32H2,1-2H3,(H,41,42)/b14-13-,17-16-. The van der Waals surface area contributed by atoms with Gasteiger partial charge in [0.05, 0.1) is 26.4 Å². The van der Waals surface area contributed by atoms with Crippen LogP contribution in [-0.2, 0) is 32.7 Å². The molecule has 3 unspecified atom stereocenters. The molecule has 0 spiro atoms. The highest BCUT2D eigenvalue weighted by atomic mass is 31.2. The van der Waals surface area contributed by atoms with E-state index in [-0.39, 0.29) is 12.8 Å². The average molecular weight is 691 g/mol. The van der Waals surface area contributed by atoms with Crippen molar-refractivity contribution < 1.29 is 47.8 Å². The largest absolute Gasteiger partial charge is 0.472 e. The molecule has 0 aliphatic rings. The van der Waals surface area contributed by atoms with Crippen LogP contribution in [0.3, 0.4) is 0 Å². The third-order valence-corrected chi connectivity index (χ3v) is 8.62. The minimum absolute atomic E-state index is 0.178. The van der Waals surface area contributed by atoms with E-state index in [0.29, 0.717) is 12.8 Å². The summed E-state index contributed by atoms with van der Waals surface area (Å²) >= 11 is 0. The topological polar surface area (TPSA) is 149 Å². The summed E-state index contributed by atoms with van der Waals surface area (Å²) in [6, 6.07) is 0. The summed E-state index contributed by atoms with van der Waals surface area (Å²) in [4.78, 5) is 34.2. The van der Waals surface area contributed by atoms with Gasteiger partial charge in [-0.2, -0.15) is 0 Å². The van der Waals surface area contributed by atoms with Crippen LogP contribution < -0.4 is 0 Å². The summed E-state index contributed by atoms with van der Waals surface area (Å²) in [5, 5.41) is 19.0. The van der Waals surface area contributed by atoms with Crippen LogP contribution >= 0.6 is 7.82 Å². The van der Waals surface area contributed by atoms with E-state index in [4.69, 9.17) is 18.5 Å². The van der Waals surface area contributed by atoms with Gasteiger partial charge in [-0.05, 0) is 44.9 Å². The lowest BCUT2D eigenvalue weighted by Gasteiger charge is -2.20. The van der Waals surface area contributed by atoms with Gasteiger partial charge in [0.2, 0.25) is 0 Å². The van der Waals surface area contributed by atoms with Crippen molar-refractivity contribution in [2.75, 3.05) is 26.4 Å². The van der Waals surface area contributed by atoms with Gasteiger partial charge in [-0.3, -0.25) is 18.6 Å². The molecule has 0 aliphatic heterocycles. The molecule has 0 aromatic rings. The molecule has 0 aromatic carbocycles. The number of phosphoric acid groups is 1. The van der Waals surface area contributed by atoms with Gasteiger partial charge in [0.25, 0.3) is 0 Å². The third kappa shape index (κ3) is 31.5. The van der Waals surface area contributed by atoms with Crippen molar-refractivity contribution in [1.82, 2.24) is 0 Å². The first-order chi connectivity index (χ1) is 22.8. The molecule has 0 radical (unpaired) electrons. The van der Waals surface area contributed by atoms with Crippen molar-refractivity contribution >= 4 is 19.8 Å². The molecule has 11 heteroatoms. The van der Waals surface area contributed by atoms with E-state index < -0.39 is 58.4 Å². The number of aliphatic hydroxyl groups excluding tert-OH is 2. The van der Waals surface area contributed by atoms with Crippen LogP contribution in [0.5, 0.6) is 0 Å². The lowest BCUT2D eigenvalue weighted by Crippen LogP contribution is -2.28. The van der Waals surface area contributed by atoms with E-state index in [1.807, 2.05) is 0 Å². The Balaban J connectivity index is 4.01. The summed E-state index contributed by atoms with van der Waals surface area (Å²) in [7, 11) is -4.62. The number of rotatable bonds is 34. The zero-order chi connectivity index (χ0) is 34.9. The fraction of sp³-hybridized carbons (Fsp3) is 0.833. The molecule has 0 rings (SSSR count). The lowest BCUT2D eigenvalue weighted by molar-refractivity contribution is -0.153. The van der Waals surface area contributed by atoms with Gasteiger partial charge in [0.15, 0.2) is 0 Å². The zero-order valence-electron chi connectivity index (χ0n) is 29.5. The molecular weight excluding hydrogens is 623 g/mol. The van der Waals surface area contributed by atoms with Gasteiger partial charge < -0.3 is 24.6 Å². The number of hydrogen-bond acceptors (Lipinski definition) is 9. The molecule has 276 valence electrons. The Kier molecular flexibility index (Phi) is 31.9. The van der Waals surface area contributed by atoms with Gasteiger partial charge in [0.1, 0.15) is 12.2 Å². The van der Waals surface area contributed by atoms with E-state index in [2.05, 4.69) is 38.2 Å². The Bertz CT molecular complexity index is 848. The van der Waals surface area contributed by atoms with E-state index in [1.54, 1.807) is 0 Å². The number of carbonyl (C=O) groups excluding carboxylic acids is 2. The third-order valence-electron chi connectivity index (χ3n) is 7.67. The fourth-order valence-corrected chi connectivity index (χ4v) is 5.57. The second-order valence-corrected chi connectivity index (χ2v) is 13.7. The second kappa shape index (κ2) is 33.0. The Labute approximate surface area is 285 Å². The van der Waals surface area contributed by atoms with Gasteiger partial charge >= 0.3 is 19.8 Å². The highest BCUT2D eigenvalue weighted by molar-refractivity contribution is 7.47. The Morgan fingerprint density at radius 3 is 1.34 bits per heavy atom. The fourth-order valence-electron chi connectivity index (χ4n) is 4.79. The summed E-state index contributed by atoms with van der Waals surface area (Å²) < 4.78 is 32.3. The van der Waals surface area contributed by atoms with Crippen LogP contribution in [0.2, 0.25) is 0 Å². The van der Waals surface area contributed by atoms with Gasteiger partial charge in [-0.1, -0.05) is 122 Å². The molecule has 0 amide bonds. The van der Waals surface area contributed by atoms with Crippen molar-refractivity contribution in [3.8, 4) is 0 Å². The Morgan fingerprint density at radius 2 is 0.936 bits per heavy atom. The highest BCUT2D eigenvalue weighted by Gasteiger charge is 2.27. The maximum Gasteiger partial charge on any atom is 0.472 e. The van der Waals surface area contributed by atoms with E-state index in [1.165, 1.54) is 57.8 Å². The van der Waals surface area contributed by atoms with Crippen molar-refractivity contribution in [3.05, 3.63) is 24.3 Å². The molecule has 0 saturated heterocycles. The zero-order valence-corrected chi connectivity index (χ0v) is 30.4. The highest BCUT2D eigenvalue weighted by Crippen LogP contribution is 2.43. The number of hydrogen-bond donors (Lipinski definition) is 3. The summed E-state index contributed by atoms with van der Waals surface area (Å²) in [5.74, 6) is -1.04. The average Bonchev–Trinajstić information content (AvgIpc) is 3.05. The van der Waals surface area contributed by atoms with Crippen LogP contribution in [-0.4, -0.2) is 65.7 Å². The number of allylic oxidation sites excluding steroid dienone is 4. The molecule has 0 aromatic heterocycles. The van der Waals surface area contributed by atoms with Gasteiger partial charge in [0, 0.05) is 12.8 Å². The van der Waals surface area contributed by atoms with Crippen LogP contribution in [0.25, 0.3) is 0 Å². The molecule has 3 atom stereocenters. The van der Waals surface area contributed by atoms with E-state index in [0.717, 1.165) is 57.8 Å². The predicted molar refractivity (Wildman–Crippen MR) is 187 cm³/mol. The number of aliphatic hydroxyl groups is 2. The molecule has 10 nitrogen and oxygen atoms in total. The number of ether oxygens (including phenoxy) is 2. The second-order valence-electron chi connectivity index (χ2n) is 12.2. The van der Waals surface area contributed by atoms with Crippen LogP contribution in [0.4, 0.5) is 0 Å². The molecule has 0 aliphatic carbocycles. The first-order valence-electron chi connectivity index (χ1n) is 18.3. The quantitative estimate of drug-likeness (QED) is 0.0259. The SMILES string of the molecule is CCCCCC/C=C\C/C=C\CCCCCCCC(=O)OC(CO)COP(=O)(O)OCC(CO)OC(=O)CCCCCCCCCC. The number of unbranched alkanes of at least 4 members (excludes halogenated alkanes) is 16. The van der Waals surface area contributed by atoms with E-state index >= 15 is 0 Å². The first-order valence-corrected chi connectivity index (χ1v) is 19.8. The number of carbonyl (C=O) groups is 2. The van der Waals surface area contributed by atoms with Crippen molar-refractivity contribution in [1.29, 1.82) is 0 Å². The predicted octanol–water partition coefficient (Wildman–Crippen LogP) is 8.66. The number of esters is 2. The lowest BCUT2D eigenvalue weighted by atomic mass is 10.1. The van der Waals surface area contributed by atoms with Crippen LogP contribution in [0, 0.1) is 0 Å². The van der Waals surface area contributed by atoms with Crippen molar-refractivity contribution in [2.24, 2.45) is 0 Å². The molecule has 0 fully saturated rings. The molecule has 3 N–H and O–H groups in total. The van der Waals surface area contributed by atoms with Crippen LogP contribution in [0.15, 0.2) is 24.3 Å². The molecule has 0 bridgehead atoms. The minimum atomic E-state index is -4.62. The maximum absolute atomic E-state index is 12.3. The molecule has 47 heavy (non-hydrogen) atoms. The molecule has 0 saturated carbocycles. The van der Waals surface area contributed by atoms with E-state index in [9.17, 15) is 29.3 Å². The Morgan fingerprint density at radius 1 is 0.574 bits per heavy atom. The van der Waals surface area contributed by atoms with Gasteiger partial charge in [-0.15, -0.1) is 0 Å². The molecular formula is C36H67O10P. The van der Waals surface area contributed by atoms with Crippen molar-refractivity contribution in [2.45, 2.75) is 167 Å². The maximum atomic E-state index is 12.3. The van der Waals surface area contributed by atoms with Gasteiger partial charge in [-0.25, -0.2) is 4.57 Å². The number of phosphoric ester groups is 1. The monoisotopic (exact) mass is 690 g/mol. The first kappa shape index (κ1) is 45.5.